The van der Waals surface area contributed by atoms with Crippen LogP contribution in [0.3, 0.4) is 0 Å². The highest BCUT2D eigenvalue weighted by Gasteiger charge is 2.08. The van der Waals surface area contributed by atoms with E-state index in [9.17, 15) is 0 Å². The molecule has 2 aromatic heterocycles. The van der Waals surface area contributed by atoms with Gasteiger partial charge in [0.15, 0.2) is 0 Å². The summed E-state index contributed by atoms with van der Waals surface area (Å²) in [6.45, 7) is 4.00. The van der Waals surface area contributed by atoms with Crippen LogP contribution in [-0.2, 0) is 0 Å². The first-order valence-corrected chi connectivity index (χ1v) is 5.14. The molecule has 2 heterocycles. The van der Waals surface area contributed by atoms with Gasteiger partial charge in [-0.25, -0.2) is 4.98 Å². The van der Waals surface area contributed by atoms with Gasteiger partial charge in [-0.1, -0.05) is 0 Å². The van der Waals surface area contributed by atoms with Gasteiger partial charge in [0, 0.05) is 18.0 Å². The van der Waals surface area contributed by atoms with Crippen molar-refractivity contribution in [2.24, 2.45) is 0 Å². The molecule has 0 saturated heterocycles. The SMILES string of the molecule is Cc1cnc(NC(C)c2cn[nH]c2)c(N)c1. The predicted molar refractivity (Wildman–Crippen MR) is 64.0 cm³/mol. The summed E-state index contributed by atoms with van der Waals surface area (Å²) in [5, 5.41) is 9.93. The fraction of sp³-hybridized carbons (Fsp3) is 0.273. The highest BCUT2D eigenvalue weighted by molar-refractivity contribution is 5.62. The third-order valence-corrected chi connectivity index (χ3v) is 2.43. The lowest BCUT2D eigenvalue weighted by Gasteiger charge is -2.14. The van der Waals surface area contributed by atoms with Gasteiger partial charge in [-0.05, 0) is 25.5 Å². The van der Waals surface area contributed by atoms with E-state index in [0.29, 0.717) is 11.5 Å². The summed E-state index contributed by atoms with van der Waals surface area (Å²) in [6, 6.07) is 2.02. The standard InChI is InChI=1S/C11H15N5/c1-7-3-10(12)11(13-4-7)16-8(2)9-5-14-15-6-9/h3-6,8H,12H2,1-2H3,(H,13,16)(H,14,15). The van der Waals surface area contributed by atoms with Crippen molar-refractivity contribution in [2.45, 2.75) is 19.9 Å². The summed E-state index contributed by atoms with van der Waals surface area (Å²) in [6.07, 6.45) is 5.42. The first-order valence-electron chi connectivity index (χ1n) is 5.14. The van der Waals surface area contributed by atoms with Crippen LogP contribution in [0, 0.1) is 6.92 Å². The number of aryl methyl sites for hydroxylation is 1. The second-order valence-electron chi connectivity index (χ2n) is 3.85. The van der Waals surface area contributed by atoms with E-state index in [0.717, 1.165) is 11.1 Å². The zero-order valence-corrected chi connectivity index (χ0v) is 9.36. The largest absolute Gasteiger partial charge is 0.396 e. The molecular formula is C11H15N5. The number of nitrogen functional groups attached to an aromatic ring is 1. The molecule has 0 aliphatic rings. The molecule has 2 aromatic rings. The summed E-state index contributed by atoms with van der Waals surface area (Å²) < 4.78 is 0. The number of pyridine rings is 1. The zero-order valence-electron chi connectivity index (χ0n) is 9.36. The minimum Gasteiger partial charge on any atom is -0.396 e. The minimum absolute atomic E-state index is 0.122. The van der Waals surface area contributed by atoms with E-state index in [1.165, 1.54) is 0 Å². The first-order chi connectivity index (χ1) is 7.66. The van der Waals surface area contributed by atoms with Crippen LogP contribution in [0.5, 0.6) is 0 Å². The van der Waals surface area contributed by atoms with Crippen LogP contribution in [0.2, 0.25) is 0 Å². The third-order valence-electron chi connectivity index (χ3n) is 2.43. The van der Waals surface area contributed by atoms with Crippen molar-refractivity contribution in [2.75, 3.05) is 11.1 Å². The lowest BCUT2D eigenvalue weighted by atomic mass is 10.2. The molecule has 1 atom stereocenters. The van der Waals surface area contributed by atoms with Gasteiger partial charge in [0.2, 0.25) is 0 Å². The smallest absolute Gasteiger partial charge is 0.149 e. The molecule has 0 fully saturated rings. The number of anilines is 2. The number of rotatable bonds is 3. The zero-order chi connectivity index (χ0) is 11.5. The summed E-state index contributed by atoms with van der Waals surface area (Å²) in [5.41, 5.74) is 8.66. The number of nitrogens with zero attached hydrogens (tertiary/aromatic N) is 2. The van der Waals surface area contributed by atoms with E-state index in [-0.39, 0.29) is 6.04 Å². The number of H-pyrrole nitrogens is 1. The molecule has 0 bridgehead atoms. The Labute approximate surface area is 94.1 Å². The molecule has 1 unspecified atom stereocenters. The summed E-state index contributed by atoms with van der Waals surface area (Å²) in [4.78, 5) is 4.26. The lowest BCUT2D eigenvalue weighted by molar-refractivity contribution is 0.876. The van der Waals surface area contributed by atoms with Crippen LogP contribution in [0.25, 0.3) is 0 Å². The quantitative estimate of drug-likeness (QED) is 0.733. The normalized spacial score (nSPS) is 12.4. The molecule has 0 radical (unpaired) electrons. The second-order valence-corrected chi connectivity index (χ2v) is 3.85. The van der Waals surface area contributed by atoms with Gasteiger partial charge in [0.05, 0.1) is 17.9 Å². The van der Waals surface area contributed by atoms with Gasteiger partial charge >= 0.3 is 0 Å². The fourth-order valence-electron chi connectivity index (χ4n) is 1.50. The molecule has 5 heteroatoms. The molecule has 0 spiro atoms. The maximum Gasteiger partial charge on any atom is 0.149 e. The average molecular weight is 217 g/mol. The highest BCUT2D eigenvalue weighted by Crippen LogP contribution is 2.21. The van der Waals surface area contributed by atoms with E-state index in [1.807, 2.05) is 26.1 Å². The highest BCUT2D eigenvalue weighted by atomic mass is 15.1. The molecule has 16 heavy (non-hydrogen) atoms. The van der Waals surface area contributed by atoms with Gasteiger partial charge in [-0.15, -0.1) is 0 Å². The Morgan fingerprint density at radius 2 is 2.25 bits per heavy atom. The van der Waals surface area contributed by atoms with Crippen LogP contribution in [0.15, 0.2) is 24.7 Å². The third kappa shape index (κ3) is 2.13. The van der Waals surface area contributed by atoms with E-state index in [1.54, 1.807) is 12.4 Å². The van der Waals surface area contributed by atoms with Crippen molar-refractivity contribution >= 4 is 11.5 Å². The van der Waals surface area contributed by atoms with Crippen LogP contribution in [0.4, 0.5) is 11.5 Å². The Morgan fingerprint density at radius 3 is 2.88 bits per heavy atom. The summed E-state index contributed by atoms with van der Waals surface area (Å²) in [7, 11) is 0. The van der Waals surface area contributed by atoms with Crippen molar-refractivity contribution in [1.29, 1.82) is 0 Å². The molecule has 0 saturated carbocycles. The van der Waals surface area contributed by atoms with Crippen LogP contribution in [0.1, 0.15) is 24.1 Å². The van der Waals surface area contributed by atoms with E-state index < -0.39 is 0 Å². The molecule has 0 aliphatic carbocycles. The van der Waals surface area contributed by atoms with Crippen molar-refractivity contribution in [3.8, 4) is 0 Å². The van der Waals surface area contributed by atoms with Gasteiger partial charge in [0.1, 0.15) is 5.82 Å². The average Bonchev–Trinajstić information content (AvgIpc) is 2.75. The van der Waals surface area contributed by atoms with Crippen LogP contribution in [-0.4, -0.2) is 15.2 Å². The van der Waals surface area contributed by atoms with E-state index in [2.05, 4.69) is 20.5 Å². The molecule has 2 rings (SSSR count). The van der Waals surface area contributed by atoms with Crippen LogP contribution < -0.4 is 11.1 Å². The van der Waals surface area contributed by atoms with Crippen molar-refractivity contribution < 1.29 is 0 Å². The number of hydrogen-bond donors (Lipinski definition) is 3. The first kappa shape index (κ1) is 10.5. The maximum absolute atomic E-state index is 5.87. The second kappa shape index (κ2) is 4.22. The van der Waals surface area contributed by atoms with Gasteiger partial charge in [0.25, 0.3) is 0 Å². The Bertz CT molecular complexity index is 463. The predicted octanol–water partition coefficient (Wildman–Crippen LogP) is 1.87. The Morgan fingerprint density at radius 1 is 1.44 bits per heavy atom. The monoisotopic (exact) mass is 217 g/mol. The molecular weight excluding hydrogens is 202 g/mol. The van der Waals surface area contributed by atoms with Gasteiger partial charge in [-0.2, -0.15) is 5.10 Å². The summed E-state index contributed by atoms with van der Waals surface area (Å²) >= 11 is 0. The maximum atomic E-state index is 5.87. The Balaban J connectivity index is 2.15. The minimum atomic E-state index is 0.122. The number of nitrogens with one attached hydrogen (secondary N) is 2. The van der Waals surface area contributed by atoms with Gasteiger partial charge in [-0.3, -0.25) is 5.10 Å². The van der Waals surface area contributed by atoms with Crippen LogP contribution >= 0.6 is 0 Å². The number of aromatic nitrogens is 3. The number of nitrogens with two attached hydrogens (primary N) is 1. The molecule has 0 amide bonds. The number of aromatic amines is 1. The molecule has 4 N–H and O–H groups in total. The lowest BCUT2D eigenvalue weighted by Crippen LogP contribution is -2.09. The fourth-order valence-corrected chi connectivity index (χ4v) is 1.50. The number of hydrogen-bond acceptors (Lipinski definition) is 4. The Kier molecular flexibility index (Phi) is 2.76. The van der Waals surface area contributed by atoms with E-state index >= 15 is 0 Å². The van der Waals surface area contributed by atoms with Crippen molar-refractivity contribution in [3.05, 3.63) is 35.8 Å². The van der Waals surface area contributed by atoms with Crippen molar-refractivity contribution in [3.63, 3.8) is 0 Å². The molecule has 0 aromatic carbocycles. The topological polar surface area (TPSA) is 79.6 Å². The molecule has 84 valence electrons. The molecule has 5 nitrogen and oxygen atoms in total. The van der Waals surface area contributed by atoms with Crippen molar-refractivity contribution in [1.82, 2.24) is 15.2 Å². The summed E-state index contributed by atoms with van der Waals surface area (Å²) in [5.74, 6) is 0.708. The Hall–Kier alpha value is -2.04. The molecule has 0 aliphatic heterocycles. The van der Waals surface area contributed by atoms with Gasteiger partial charge < -0.3 is 11.1 Å². The van der Waals surface area contributed by atoms with E-state index in [4.69, 9.17) is 5.73 Å².